The Hall–Kier alpha value is -1.96. The van der Waals surface area contributed by atoms with Gasteiger partial charge in [0.25, 0.3) is 5.91 Å². The molecule has 0 fully saturated rings. The number of ether oxygens (including phenoxy) is 2. The molecule has 4 N–H and O–H groups in total. The fourth-order valence-corrected chi connectivity index (χ4v) is 1.47. The van der Waals surface area contributed by atoms with E-state index in [0.717, 1.165) is 5.56 Å². The van der Waals surface area contributed by atoms with Crippen LogP contribution in [0.2, 0.25) is 0 Å². The van der Waals surface area contributed by atoms with Gasteiger partial charge in [0.1, 0.15) is 12.6 Å². The smallest absolute Gasteiger partial charge is 0.431 e. The first-order valence-corrected chi connectivity index (χ1v) is 6.89. The van der Waals surface area contributed by atoms with Crippen LogP contribution in [-0.4, -0.2) is 35.3 Å². The van der Waals surface area contributed by atoms with Gasteiger partial charge in [-0.1, -0.05) is 30.3 Å². The fraction of sp³-hybridized carbons (Fsp3) is 0.467. The van der Waals surface area contributed by atoms with Gasteiger partial charge in [0.15, 0.2) is 0 Å². The highest BCUT2D eigenvalue weighted by Gasteiger charge is 2.26. The normalized spacial score (nSPS) is 12.6. The van der Waals surface area contributed by atoms with E-state index in [-0.39, 0.29) is 13.2 Å². The number of nitrogens with zero attached hydrogens (tertiary/aromatic N) is 1. The number of imide groups is 1. The van der Waals surface area contributed by atoms with Gasteiger partial charge in [-0.25, -0.2) is 10.6 Å². The Kier molecular flexibility index (Phi) is 6.48. The zero-order valence-corrected chi connectivity index (χ0v) is 13.1. The average molecular weight is 309 g/mol. The molecule has 122 valence electrons. The van der Waals surface area contributed by atoms with Gasteiger partial charge in [-0.05, 0) is 26.3 Å². The molecule has 1 aromatic carbocycles. The number of rotatable bonds is 5. The fourth-order valence-electron chi connectivity index (χ4n) is 1.47. The van der Waals surface area contributed by atoms with Crippen LogP contribution < -0.4 is 11.6 Å². The van der Waals surface area contributed by atoms with Crippen molar-refractivity contribution in [3.63, 3.8) is 0 Å². The summed E-state index contributed by atoms with van der Waals surface area (Å²) in [4.78, 5) is 23.6. The highest BCUT2D eigenvalue weighted by Crippen LogP contribution is 2.07. The lowest BCUT2D eigenvalue weighted by atomic mass is 10.2. The van der Waals surface area contributed by atoms with E-state index in [1.54, 1.807) is 12.1 Å². The van der Waals surface area contributed by atoms with E-state index in [1.165, 1.54) is 0 Å². The molecule has 2 amide bonds. The predicted octanol–water partition coefficient (Wildman–Crippen LogP) is 1.17. The summed E-state index contributed by atoms with van der Waals surface area (Å²) < 4.78 is 10.3. The van der Waals surface area contributed by atoms with Gasteiger partial charge >= 0.3 is 6.09 Å². The van der Waals surface area contributed by atoms with Gasteiger partial charge in [0.05, 0.1) is 12.2 Å². The van der Waals surface area contributed by atoms with Gasteiger partial charge in [0, 0.05) is 0 Å². The van der Waals surface area contributed by atoms with Gasteiger partial charge in [-0.2, -0.15) is 5.01 Å². The lowest BCUT2D eigenvalue weighted by Crippen LogP contribution is -2.52. The minimum Gasteiger partial charge on any atom is -0.443 e. The van der Waals surface area contributed by atoms with E-state index < -0.39 is 23.6 Å². The van der Waals surface area contributed by atoms with Gasteiger partial charge in [0.2, 0.25) is 0 Å². The molecule has 0 aliphatic heterocycles. The largest absolute Gasteiger partial charge is 0.443 e. The summed E-state index contributed by atoms with van der Waals surface area (Å²) in [6.07, 6.45) is -0.958. The number of benzene rings is 1. The van der Waals surface area contributed by atoms with Crippen molar-refractivity contribution in [1.82, 2.24) is 5.01 Å². The molecule has 0 spiro atoms. The zero-order chi connectivity index (χ0) is 16.8. The number of hydrogen-bond donors (Lipinski definition) is 2. The molecule has 0 radical (unpaired) electrons. The maximum atomic E-state index is 11.9. The third kappa shape index (κ3) is 6.21. The molecule has 1 rings (SSSR count). The number of carbonyl (C=O) groups excluding carboxylic acids is 2. The van der Waals surface area contributed by atoms with Crippen LogP contribution in [0.3, 0.4) is 0 Å². The monoisotopic (exact) mass is 309 g/mol. The molecular formula is C15H23N3O4. The Labute approximate surface area is 130 Å². The highest BCUT2D eigenvalue weighted by molar-refractivity contribution is 5.94. The molecule has 1 atom stereocenters. The Balaban J connectivity index is 2.46. The quantitative estimate of drug-likeness (QED) is 0.480. The molecule has 0 aromatic heterocycles. The zero-order valence-electron chi connectivity index (χ0n) is 13.1. The maximum absolute atomic E-state index is 11.9. The van der Waals surface area contributed by atoms with Crippen molar-refractivity contribution in [3.05, 3.63) is 35.9 Å². The molecule has 7 nitrogen and oxygen atoms in total. The van der Waals surface area contributed by atoms with Crippen LogP contribution in [0.5, 0.6) is 0 Å². The molecule has 0 aliphatic carbocycles. The minimum atomic E-state index is -1.03. The number of carbonyl (C=O) groups is 2. The van der Waals surface area contributed by atoms with Crippen LogP contribution in [0.25, 0.3) is 0 Å². The van der Waals surface area contributed by atoms with E-state index in [9.17, 15) is 9.59 Å². The van der Waals surface area contributed by atoms with Crippen molar-refractivity contribution < 1.29 is 19.1 Å². The second-order valence-corrected chi connectivity index (χ2v) is 5.78. The second kappa shape index (κ2) is 7.88. The van der Waals surface area contributed by atoms with Crippen molar-refractivity contribution in [2.45, 2.75) is 39.0 Å². The molecule has 0 heterocycles. The summed E-state index contributed by atoms with van der Waals surface area (Å²) in [5.74, 6) is 4.68. The van der Waals surface area contributed by atoms with E-state index in [2.05, 4.69) is 0 Å². The Bertz CT molecular complexity index is 499. The average Bonchev–Trinajstić information content (AvgIpc) is 2.49. The van der Waals surface area contributed by atoms with Crippen LogP contribution in [0, 0.1) is 0 Å². The molecule has 22 heavy (non-hydrogen) atoms. The molecule has 1 aromatic rings. The van der Waals surface area contributed by atoms with Crippen LogP contribution >= 0.6 is 0 Å². The molecular weight excluding hydrogens is 286 g/mol. The van der Waals surface area contributed by atoms with Crippen molar-refractivity contribution in [1.29, 1.82) is 0 Å². The predicted molar refractivity (Wildman–Crippen MR) is 81.3 cm³/mol. The van der Waals surface area contributed by atoms with Crippen LogP contribution in [0.15, 0.2) is 30.3 Å². The third-order valence-electron chi connectivity index (χ3n) is 2.65. The Morgan fingerprint density at radius 1 is 1.23 bits per heavy atom. The SMILES string of the molecule is CC(C)(C)OCC(N)C(=O)N(N)C(=O)OCc1ccccc1. The Morgan fingerprint density at radius 2 is 1.82 bits per heavy atom. The number of hydrogen-bond acceptors (Lipinski definition) is 6. The maximum Gasteiger partial charge on any atom is 0.431 e. The van der Waals surface area contributed by atoms with Gasteiger partial charge in [-0.3, -0.25) is 4.79 Å². The van der Waals surface area contributed by atoms with Crippen LogP contribution in [0.4, 0.5) is 4.79 Å². The molecule has 0 saturated carbocycles. The van der Waals surface area contributed by atoms with Crippen LogP contribution in [0.1, 0.15) is 26.3 Å². The Morgan fingerprint density at radius 3 is 2.36 bits per heavy atom. The molecule has 0 saturated heterocycles. The summed E-state index contributed by atoms with van der Waals surface area (Å²) in [5.41, 5.74) is 6.02. The first-order valence-electron chi connectivity index (χ1n) is 6.89. The topological polar surface area (TPSA) is 108 Å². The highest BCUT2D eigenvalue weighted by atomic mass is 16.6. The summed E-state index contributed by atoms with van der Waals surface area (Å²) in [5, 5.41) is 0.375. The van der Waals surface area contributed by atoms with Crippen molar-refractivity contribution >= 4 is 12.0 Å². The second-order valence-electron chi connectivity index (χ2n) is 5.78. The van der Waals surface area contributed by atoms with E-state index in [4.69, 9.17) is 21.1 Å². The van der Waals surface area contributed by atoms with Gasteiger partial charge < -0.3 is 15.2 Å². The van der Waals surface area contributed by atoms with Crippen molar-refractivity contribution in [2.75, 3.05) is 6.61 Å². The molecule has 0 aliphatic rings. The number of hydrazine groups is 1. The number of nitrogens with two attached hydrogens (primary N) is 2. The first kappa shape index (κ1) is 18.1. The first-order chi connectivity index (χ1) is 10.2. The summed E-state index contributed by atoms with van der Waals surface area (Å²) in [6.45, 7) is 5.48. The third-order valence-corrected chi connectivity index (χ3v) is 2.65. The van der Waals surface area contributed by atoms with Crippen LogP contribution in [-0.2, 0) is 20.9 Å². The van der Waals surface area contributed by atoms with Crippen molar-refractivity contribution in [3.8, 4) is 0 Å². The number of amides is 2. The summed E-state index contributed by atoms with van der Waals surface area (Å²) >= 11 is 0. The van der Waals surface area contributed by atoms with Gasteiger partial charge in [-0.15, -0.1) is 0 Å². The molecule has 7 heteroatoms. The lowest BCUT2D eigenvalue weighted by molar-refractivity contribution is -0.134. The van der Waals surface area contributed by atoms with Crippen molar-refractivity contribution in [2.24, 2.45) is 11.6 Å². The van der Waals surface area contributed by atoms with E-state index in [0.29, 0.717) is 5.01 Å². The minimum absolute atomic E-state index is 0.0222. The van der Waals surface area contributed by atoms with E-state index >= 15 is 0 Å². The van der Waals surface area contributed by atoms with E-state index in [1.807, 2.05) is 39.0 Å². The molecule has 0 bridgehead atoms. The standard InChI is InChI=1S/C15H23N3O4/c1-15(2,3)22-10-12(16)13(19)18(17)14(20)21-9-11-7-5-4-6-8-11/h4-8,12H,9-10,16-17H2,1-3H3. The molecule has 1 unspecified atom stereocenters. The summed E-state index contributed by atoms with van der Waals surface area (Å²) in [6, 6.07) is 8.02. The summed E-state index contributed by atoms with van der Waals surface area (Å²) in [7, 11) is 0. The lowest BCUT2D eigenvalue weighted by Gasteiger charge is -2.23.